The fourth-order valence-electron chi connectivity index (χ4n) is 3.24. The maximum absolute atomic E-state index is 11.1. The summed E-state index contributed by atoms with van der Waals surface area (Å²) in [4.78, 5) is 10.8. The molecule has 0 aliphatic heterocycles. The Hall–Kier alpha value is -2.94. The Morgan fingerprint density at radius 1 is 0.727 bits per heavy atom. The highest BCUT2D eigenvalue weighted by atomic mass is 16.6. The summed E-state index contributed by atoms with van der Waals surface area (Å²) < 4.78 is 0. The second-order valence-electron chi connectivity index (χ2n) is 5.51. The molecule has 0 heterocycles. The number of aryl methyl sites for hydroxylation is 1. The van der Waals surface area contributed by atoms with Gasteiger partial charge in [0.05, 0.1) is 4.92 Å². The normalized spacial score (nSPS) is 11.3. The summed E-state index contributed by atoms with van der Waals surface area (Å²) in [7, 11) is 0. The highest BCUT2D eigenvalue weighted by Crippen LogP contribution is 2.35. The molecule has 0 aliphatic carbocycles. The summed E-state index contributed by atoms with van der Waals surface area (Å²) in [5, 5.41) is 17.8. The molecule has 0 spiro atoms. The predicted molar refractivity (Wildman–Crippen MR) is 90.4 cm³/mol. The lowest BCUT2D eigenvalue weighted by molar-refractivity contribution is -0.385. The zero-order chi connectivity index (χ0) is 15.3. The molecule has 0 N–H and O–H groups in total. The Morgan fingerprint density at radius 2 is 1.32 bits per heavy atom. The summed E-state index contributed by atoms with van der Waals surface area (Å²) in [5.74, 6) is 0. The maximum atomic E-state index is 11.1. The molecule has 4 rings (SSSR count). The van der Waals surface area contributed by atoms with E-state index < -0.39 is 0 Å². The van der Waals surface area contributed by atoms with Crippen molar-refractivity contribution in [2.75, 3.05) is 0 Å². The van der Waals surface area contributed by atoms with Crippen molar-refractivity contribution in [3.63, 3.8) is 0 Å². The number of benzene rings is 4. The molecule has 4 aromatic rings. The van der Waals surface area contributed by atoms with Gasteiger partial charge in [0, 0.05) is 11.6 Å². The van der Waals surface area contributed by atoms with Crippen molar-refractivity contribution in [1.82, 2.24) is 0 Å². The van der Waals surface area contributed by atoms with Crippen molar-refractivity contribution >= 4 is 38.0 Å². The minimum atomic E-state index is -0.320. The molecule has 3 nitrogen and oxygen atoms in total. The highest BCUT2D eigenvalue weighted by molar-refractivity contribution is 6.17. The van der Waals surface area contributed by atoms with E-state index >= 15 is 0 Å². The minimum absolute atomic E-state index is 0.174. The Bertz CT molecular complexity index is 1070. The van der Waals surface area contributed by atoms with Crippen molar-refractivity contribution < 1.29 is 4.92 Å². The fourth-order valence-corrected chi connectivity index (χ4v) is 3.24. The molecule has 0 saturated heterocycles. The van der Waals surface area contributed by atoms with Crippen LogP contribution in [0.1, 0.15) is 5.56 Å². The SMILES string of the molecule is Cc1c([N+](=O)[O-])ccc2c1ccc1c3ccccc3ccc21. The fraction of sp³-hybridized carbons (Fsp3) is 0.0526. The topological polar surface area (TPSA) is 43.1 Å². The number of nitro groups is 1. The first-order valence-corrected chi connectivity index (χ1v) is 7.15. The lowest BCUT2D eigenvalue weighted by atomic mass is 9.95. The Morgan fingerprint density at radius 3 is 2.14 bits per heavy atom. The van der Waals surface area contributed by atoms with E-state index in [4.69, 9.17) is 0 Å². The van der Waals surface area contributed by atoms with E-state index in [1.165, 1.54) is 16.2 Å². The van der Waals surface area contributed by atoms with Gasteiger partial charge >= 0.3 is 0 Å². The molecule has 0 aliphatic rings. The van der Waals surface area contributed by atoms with Gasteiger partial charge in [-0.25, -0.2) is 0 Å². The molecule has 0 amide bonds. The molecule has 0 saturated carbocycles. The first-order valence-electron chi connectivity index (χ1n) is 7.15. The largest absolute Gasteiger partial charge is 0.272 e. The molecule has 0 atom stereocenters. The van der Waals surface area contributed by atoms with Gasteiger partial charge in [-0.15, -0.1) is 0 Å². The van der Waals surface area contributed by atoms with Crippen LogP contribution in [-0.4, -0.2) is 4.92 Å². The molecule has 0 radical (unpaired) electrons. The standard InChI is InChI=1S/C19H13NO2/c1-12-14-8-9-17-15-5-3-2-4-13(15)6-7-18(17)16(14)10-11-19(12)20(21)22/h2-11H,1H3. The zero-order valence-electron chi connectivity index (χ0n) is 12.0. The van der Waals surface area contributed by atoms with E-state index in [-0.39, 0.29) is 10.6 Å². The van der Waals surface area contributed by atoms with Crippen LogP contribution in [0.2, 0.25) is 0 Å². The van der Waals surface area contributed by atoms with Crippen LogP contribution in [0, 0.1) is 17.0 Å². The van der Waals surface area contributed by atoms with Gasteiger partial charge < -0.3 is 0 Å². The van der Waals surface area contributed by atoms with E-state index in [0.717, 1.165) is 21.7 Å². The van der Waals surface area contributed by atoms with E-state index in [0.29, 0.717) is 0 Å². The minimum Gasteiger partial charge on any atom is -0.258 e. The third kappa shape index (κ3) is 1.69. The maximum Gasteiger partial charge on any atom is 0.272 e. The molecule has 3 heteroatoms. The van der Waals surface area contributed by atoms with Crippen LogP contribution in [0.4, 0.5) is 5.69 Å². The Kier molecular flexibility index (Phi) is 2.63. The van der Waals surface area contributed by atoms with E-state index in [9.17, 15) is 10.1 Å². The lowest BCUT2D eigenvalue weighted by Gasteiger charge is -2.09. The van der Waals surface area contributed by atoms with Gasteiger partial charge in [-0.05, 0) is 45.3 Å². The predicted octanol–water partition coefficient (Wildman–Crippen LogP) is 5.36. The van der Waals surface area contributed by atoms with Crippen molar-refractivity contribution in [2.45, 2.75) is 6.92 Å². The van der Waals surface area contributed by atoms with Crippen molar-refractivity contribution in [1.29, 1.82) is 0 Å². The van der Waals surface area contributed by atoms with Crippen molar-refractivity contribution in [3.05, 3.63) is 76.3 Å². The molecule has 4 aromatic carbocycles. The highest BCUT2D eigenvalue weighted by Gasteiger charge is 2.14. The van der Waals surface area contributed by atoms with E-state index in [1.807, 2.05) is 31.2 Å². The number of fused-ring (bicyclic) bond motifs is 5. The van der Waals surface area contributed by atoms with Gasteiger partial charge in [0.15, 0.2) is 0 Å². The summed E-state index contributed by atoms with van der Waals surface area (Å²) in [6.07, 6.45) is 0. The first kappa shape index (κ1) is 12.8. The number of hydrogen-bond acceptors (Lipinski definition) is 2. The summed E-state index contributed by atoms with van der Waals surface area (Å²) in [5.41, 5.74) is 0.894. The smallest absolute Gasteiger partial charge is 0.258 e. The average Bonchev–Trinajstić information content (AvgIpc) is 2.54. The third-order valence-corrected chi connectivity index (χ3v) is 4.36. The Balaban J connectivity index is 2.18. The van der Waals surface area contributed by atoms with Crippen LogP contribution < -0.4 is 0 Å². The molecular formula is C19H13NO2. The van der Waals surface area contributed by atoms with Crippen LogP contribution in [0.5, 0.6) is 0 Å². The first-order chi connectivity index (χ1) is 10.7. The second-order valence-corrected chi connectivity index (χ2v) is 5.51. The van der Waals surface area contributed by atoms with Gasteiger partial charge in [-0.3, -0.25) is 10.1 Å². The lowest BCUT2D eigenvalue weighted by Crippen LogP contribution is -1.92. The number of hydrogen-bond donors (Lipinski definition) is 0. The monoisotopic (exact) mass is 287 g/mol. The number of nitro benzene ring substituents is 1. The summed E-state index contributed by atoms with van der Waals surface area (Å²) >= 11 is 0. The Labute approximate surface area is 126 Å². The molecular weight excluding hydrogens is 274 g/mol. The number of nitrogens with zero attached hydrogens (tertiary/aromatic N) is 1. The quantitative estimate of drug-likeness (QED) is 0.268. The van der Waals surface area contributed by atoms with Gasteiger partial charge in [-0.1, -0.05) is 48.5 Å². The van der Waals surface area contributed by atoms with Gasteiger partial charge in [-0.2, -0.15) is 0 Å². The molecule has 22 heavy (non-hydrogen) atoms. The molecule has 106 valence electrons. The third-order valence-electron chi connectivity index (χ3n) is 4.36. The van der Waals surface area contributed by atoms with Crippen LogP contribution in [0.15, 0.2) is 60.7 Å². The van der Waals surface area contributed by atoms with Crippen LogP contribution >= 0.6 is 0 Å². The van der Waals surface area contributed by atoms with Crippen LogP contribution in [-0.2, 0) is 0 Å². The van der Waals surface area contributed by atoms with E-state index in [1.54, 1.807) is 6.07 Å². The molecule has 0 bridgehead atoms. The molecule has 0 fully saturated rings. The second kappa shape index (κ2) is 4.53. The van der Waals surface area contributed by atoms with Crippen molar-refractivity contribution in [2.24, 2.45) is 0 Å². The van der Waals surface area contributed by atoms with Gasteiger partial charge in [0.1, 0.15) is 0 Å². The molecule has 0 aromatic heterocycles. The van der Waals surface area contributed by atoms with Crippen LogP contribution in [0.25, 0.3) is 32.3 Å². The summed E-state index contributed by atoms with van der Waals surface area (Å²) in [6, 6.07) is 20.0. The van der Waals surface area contributed by atoms with Crippen molar-refractivity contribution in [3.8, 4) is 0 Å². The van der Waals surface area contributed by atoms with Gasteiger partial charge in [0.2, 0.25) is 0 Å². The molecule has 0 unspecified atom stereocenters. The summed E-state index contributed by atoms with van der Waals surface area (Å²) in [6.45, 7) is 1.81. The van der Waals surface area contributed by atoms with E-state index in [2.05, 4.69) is 30.3 Å². The number of rotatable bonds is 1. The van der Waals surface area contributed by atoms with Gasteiger partial charge in [0.25, 0.3) is 5.69 Å². The van der Waals surface area contributed by atoms with Crippen LogP contribution in [0.3, 0.4) is 0 Å². The zero-order valence-corrected chi connectivity index (χ0v) is 12.0. The average molecular weight is 287 g/mol.